The van der Waals surface area contributed by atoms with Crippen LogP contribution in [0.1, 0.15) is 19.5 Å². The van der Waals surface area contributed by atoms with E-state index in [0.717, 1.165) is 31.9 Å². The van der Waals surface area contributed by atoms with Gasteiger partial charge in [0, 0.05) is 50.8 Å². The molecule has 0 saturated carbocycles. The molecule has 1 aromatic rings. The Balaban J connectivity index is 1.84. The van der Waals surface area contributed by atoms with E-state index >= 15 is 0 Å². The summed E-state index contributed by atoms with van der Waals surface area (Å²) in [5, 5.41) is 0. The SMILES string of the molecule is Cc1cc(N(C)CCN2C[C@@H](C)O[C@@H](C)C2)ccn1. The van der Waals surface area contributed by atoms with Crippen LogP contribution in [0.15, 0.2) is 18.3 Å². The lowest BCUT2D eigenvalue weighted by atomic mass is 10.2. The third-order valence-corrected chi connectivity index (χ3v) is 3.57. The summed E-state index contributed by atoms with van der Waals surface area (Å²) in [5.41, 5.74) is 2.31. The Morgan fingerprint density at radius 1 is 1.37 bits per heavy atom. The maximum absolute atomic E-state index is 5.76. The normalized spacial score (nSPS) is 24.4. The van der Waals surface area contributed by atoms with Gasteiger partial charge in [0.25, 0.3) is 0 Å². The van der Waals surface area contributed by atoms with Crippen LogP contribution in [0, 0.1) is 6.92 Å². The highest BCUT2D eigenvalue weighted by Gasteiger charge is 2.21. The number of pyridine rings is 1. The third kappa shape index (κ3) is 4.18. The van der Waals surface area contributed by atoms with E-state index in [1.165, 1.54) is 5.69 Å². The number of anilines is 1. The molecular formula is C15H25N3O. The fourth-order valence-electron chi connectivity index (χ4n) is 2.66. The van der Waals surface area contributed by atoms with Crippen LogP contribution in [0.2, 0.25) is 0 Å². The Labute approximate surface area is 116 Å². The molecule has 2 heterocycles. The van der Waals surface area contributed by atoms with E-state index in [4.69, 9.17) is 4.74 Å². The first kappa shape index (κ1) is 14.3. The second-order valence-corrected chi connectivity index (χ2v) is 5.59. The Bertz CT molecular complexity index is 400. The van der Waals surface area contributed by atoms with Crippen LogP contribution in [0.3, 0.4) is 0 Å². The predicted molar refractivity (Wildman–Crippen MR) is 78.7 cm³/mol. The van der Waals surface area contributed by atoms with Gasteiger partial charge in [-0.1, -0.05) is 0 Å². The second kappa shape index (κ2) is 6.35. The van der Waals surface area contributed by atoms with Crippen molar-refractivity contribution in [3.05, 3.63) is 24.0 Å². The molecule has 106 valence electrons. The standard InChI is InChI=1S/C15H25N3O/c1-12-9-15(5-6-16-12)17(4)7-8-18-10-13(2)19-14(3)11-18/h5-6,9,13-14H,7-8,10-11H2,1-4H3/t13-,14+. The molecule has 2 atom stereocenters. The molecule has 0 aliphatic carbocycles. The number of aromatic nitrogens is 1. The van der Waals surface area contributed by atoms with Crippen molar-refractivity contribution in [1.82, 2.24) is 9.88 Å². The Hall–Kier alpha value is -1.13. The molecular weight excluding hydrogens is 238 g/mol. The number of hydrogen-bond acceptors (Lipinski definition) is 4. The largest absolute Gasteiger partial charge is 0.373 e. The molecule has 4 nitrogen and oxygen atoms in total. The summed E-state index contributed by atoms with van der Waals surface area (Å²) in [4.78, 5) is 9.02. The van der Waals surface area contributed by atoms with Gasteiger partial charge < -0.3 is 9.64 Å². The average molecular weight is 263 g/mol. The molecule has 1 aliphatic heterocycles. The van der Waals surface area contributed by atoms with Gasteiger partial charge in [0.2, 0.25) is 0 Å². The van der Waals surface area contributed by atoms with Gasteiger partial charge in [-0.05, 0) is 32.9 Å². The minimum Gasteiger partial charge on any atom is -0.373 e. The zero-order valence-electron chi connectivity index (χ0n) is 12.5. The summed E-state index contributed by atoms with van der Waals surface area (Å²) in [6.07, 6.45) is 2.56. The lowest BCUT2D eigenvalue weighted by Gasteiger charge is -2.36. The van der Waals surface area contributed by atoms with E-state index in [9.17, 15) is 0 Å². The lowest BCUT2D eigenvalue weighted by Crippen LogP contribution is -2.47. The summed E-state index contributed by atoms with van der Waals surface area (Å²) in [6, 6.07) is 4.20. The highest BCUT2D eigenvalue weighted by molar-refractivity contribution is 5.45. The van der Waals surface area contributed by atoms with Gasteiger partial charge in [0.1, 0.15) is 0 Å². The van der Waals surface area contributed by atoms with E-state index in [1.807, 2.05) is 13.1 Å². The van der Waals surface area contributed by atoms with Crippen LogP contribution in [-0.2, 0) is 4.74 Å². The summed E-state index contributed by atoms with van der Waals surface area (Å²) in [5.74, 6) is 0. The minimum atomic E-state index is 0.345. The van der Waals surface area contributed by atoms with Gasteiger partial charge in [-0.25, -0.2) is 0 Å². The first-order chi connectivity index (χ1) is 9.04. The van der Waals surface area contributed by atoms with E-state index in [-0.39, 0.29) is 0 Å². The number of rotatable bonds is 4. The highest BCUT2D eigenvalue weighted by Crippen LogP contribution is 2.14. The molecule has 1 aliphatic rings. The molecule has 19 heavy (non-hydrogen) atoms. The Morgan fingerprint density at radius 2 is 2.05 bits per heavy atom. The van der Waals surface area contributed by atoms with Crippen LogP contribution in [-0.4, -0.2) is 55.3 Å². The maximum atomic E-state index is 5.76. The van der Waals surface area contributed by atoms with Gasteiger partial charge in [-0.3, -0.25) is 9.88 Å². The molecule has 0 aromatic carbocycles. The quantitative estimate of drug-likeness (QED) is 0.830. The van der Waals surface area contributed by atoms with Crippen LogP contribution >= 0.6 is 0 Å². The molecule has 0 radical (unpaired) electrons. The molecule has 0 N–H and O–H groups in total. The number of aryl methyl sites for hydroxylation is 1. The van der Waals surface area contributed by atoms with Crippen molar-refractivity contribution in [3.63, 3.8) is 0 Å². The molecule has 4 heteroatoms. The Morgan fingerprint density at radius 3 is 2.68 bits per heavy atom. The summed E-state index contributed by atoms with van der Waals surface area (Å²) < 4.78 is 5.76. The zero-order valence-corrected chi connectivity index (χ0v) is 12.5. The van der Waals surface area contributed by atoms with Crippen LogP contribution < -0.4 is 4.90 Å². The van der Waals surface area contributed by atoms with Gasteiger partial charge in [-0.15, -0.1) is 0 Å². The fraction of sp³-hybridized carbons (Fsp3) is 0.667. The van der Waals surface area contributed by atoms with Crippen molar-refractivity contribution in [3.8, 4) is 0 Å². The summed E-state index contributed by atoms with van der Waals surface area (Å²) in [6.45, 7) is 10.5. The topological polar surface area (TPSA) is 28.6 Å². The van der Waals surface area contributed by atoms with Gasteiger partial charge in [0.05, 0.1) is 12.2 Å². The number of hydrogen-bond donors (Lipinski definition) is 0. The molecule has 0 bridgehead atoms. The maximum Gasteiger partial charge on any atom is 0.0678 e. The summed E-state index contributed by atoms with van der Waals surface area (Å²) >= 11 is 0. The number of ether oxygens (including phenoxy) is 1. The van der Waals surface area contributed by atoms with Crippen molar-refractivity contribution in [2.75, 3.05) is 38.1 Å². The molecule has 2 rings (SSSR count). The molecule has 1 fully saturated rings. The number of nitrogens with zero attached hydrogens (tertiary/aromatic N) is 3. The van der Waals surface area contributed by atoms with Gasteiger partial charge in [0.15, 0.2) is 0 Å². The summed E-state index contributed by atoms with van der Waals surface area (Å²) in [7, 11) is 2.14. The van der Waals surface area contributed by atoms with Gasteiger partial charge >= 0.3 is 0 Å². The minimum absolute atomic E-state index is 0.345. The van der Waals surface area contributed by atoms with Crippen molar-refractivity contribution in [2.24, 2.45) is 0 Å². The number of likely N-dealkylation sites (N-methyl/N-ethyl adjacent to an activating group) is 1. The van der Waals surface area contributed by atoms with Crippen molar-refractivity contribution in [2.45, 2.75) is 33.0 Å². The fourth-order valence-corrected chi connectivity index (χ4v) is 2.66. The van der Waals surface area contributed by atoms with Crippen molar-refractivity contribution < 1.29 is 4.74 Å². The lowest BCUT2D eigenvalue weighted by molar-refractivity contribution is -0.0670. The van der Waals surface area contributed by atoms with Gasteiger partial charge in [-0.2, -0.15) is 0 Å². The second-order valence-electron chi connectivity index (χ2n) is 5.59. The molecule has 1 saturated heterocycles. The van der Waals surface area contributed by atoms with Crippen LogP contribution in [0.5, 0.6) is 0 Å². The highest BCUT2D eigenvalue weighted by atomic mass is 16.5. The van der Waals surface area contributed by atoms with Crippen LogP contribution in [0.25, 0.3) is 0 Å². The van der Waals surface area contributed by atoms with E-state index in [2.05, 4.69) is 47.8 Å². The third-order valence-electron chi connectivity index (χ3n) is 3.57. The monoisotopic (exact) mass is 263 g/mol. The zero-order chi connectivity index (χ0) is 13.8. The average Bonchev–Trinajstić information content (AvgIpc) is 2.35. The smallest absolute Gasteiger partial charge is 0.0678 e. The molecule has 0 unspecified atom stereocenters. The van der Waals surface area contributed by atoms with Crippen molar-refractivity contribution in [1.29, 1.82) is 0 Å². The van der Waals surface area contributed by atoms with Crippen molar-refractivity contribution >= 4 is 5.69 Å². The Kier molecular flexibility index (Phi) is 4.77. The predicted octanol–water partition coefficient (Wildman–Crippen LogP) is 1.94. The first-order valence-corrected chi connectivity index (χ1v) is 7.06. The molecule has 1 aromatic heterocycles. The molecule has 0 amide bonds. The van der Waals surface area contributed by atoms with E-state index in [0.29, 0.717) is 12.2 Å². The van der Waals surface area contributed by atoms with E-state index < -0.39 is 0 Å². The van der Waals surface area contributed by atoms with Crippen LogP contribution in [0.4, 0.5) is 5.69 Å². The number of morpholine rings is 1. The first-order valence-electron chi connectivity index (χ1n) is 7.06. The molecule has 0 spiro atoms. The van der Waals surface area contributed by atoms with E-state index in [1.54, 1.807) is 0 Å².